The standard InChI is InChI=1S/C36H37NO3/c1-38-34-24-30-16-19-32(28-12-6-3-7-13-28)36(33(30)25-35(34)40-26-27-10-4-2-5-11-27)29-14-17-31(18-15-29)39-23-22-37-20-8-9-21-37/h2-7,10-15,17-18,24-25H,8-9,16,19-23,26H2,1H3. The lowest BCUT2D eigenvalue weighted by atomic mass is 9.79. The fraction of sp³-hybridized carbons (Fsp3) is 0.278. The van der Waals surface area contributed by atoms with Crippen LogP contribution < -0.4 is 14.2 Å². The number of rotatable bonds is 10. The van der Waals surface area contributed by atoms with Gasteiger partial charge in [0.05, 0.1) is 7.11 Å². The van der Waals surface area contributed by atoms with Gasteiger partial charge in [-0.05, 0) is 102 Å². The molecule has 1 fully saturated rings. The highest BCUT2D eigenvalue weighted by molar-refractivity contribution is 6.01. The SMILES string of the molecule is COc1cc2c(cc1OCc1ccccc1)C(c1ccc(OCCN3CCCC3)cc1)=C(c1ccccc1)CC2. The van der Waals surface area contributed by atoms with Gasteiger partial charge in [0.15, 0.2) is 11.5 Å². The monoisotopic (exact) mass is 531 g/mol. The highest BCUT2D eigenvalue weighted by atomic mass is 16.5. The van der Waals surface area contributed by atoms with Gasteiger partial charge in [-0.1, -0.05) is 72.8 Å². The van der Waals surface area contributed by atoms with Gasteiger partial charge in [-0.25, -0.2) is 0 Å². The maximum absolute atomic E-state index is 6.34. The Morgan fingerprint density at radius 1 is 0.700 bits per heavy atom. The van der Waals surface area contributed by atoms with Gasteiger partial charge < -0.3 is 14.2 Å². The van der Waals surface area contributed by atoms with Gasteiger partial charge >= 0.3 is 0 Å². The zero-order chi connectivity index (χ0) is 27.1. The fourth-order valence-corrected chi connectivity index (χ4v) is 5.87. The minimum atomic E-state index is 0.490. The Labute approximate surface area is 237 Å². The highest BCUT2D eigenvalue weighted by Crippen LogP contribution is 2.45. The largest absolute Gasteiger partial charge is 0.493 e. The second-order valence-corrected chi connectivity index (χ2v) is 10.6. The zero-order valence-corrected chi connectivity index (χ0v) is 23.3. The van der Waals surface area contributed by atoms with E-state index in [9.17, 15) is 0 Å². The average Bonchev–Trinajstić information content (AvgIpc) is 3.54. The molecule has 0 aromatic heterocycles. The first-order valence-electron chi connectivity index (χ1n) is 14.4. The molecule has 1 saturated heterocycles. The van der Waals surface area contributed by atoms with E-state index in [0.29, 0.717) is 6.61 Å². The molecule has 0 spiro atoms. The Morgan fingerprint density at radius 2 is 1.43 bits per heavy atom. The summed E-state index contributed by atoms with van der Waals surface area (Å²) in [5.41, 5.74) is 8.67. The lowest BCUT2D eigenvalue weighted by molar-refractivity contribution is 0.238. The molecular formula is C36H37NO3. The van der Waals surface area contributed by atoms with Gasteiger partial charge in [-0.15, -0.1) is 0 Å². The minimum absolute atomic E-state index is 0.490. The molecule has 4 aromatic rings. The summed E-state index contributed by atoms with van der Waals surface area (Å²) >= 11 is 0. The Bertz CT molecular complexity index is 1440. The number of fused-ring (bicyclic) bond motifs is 1. The third-order valence-corrected chi connectivity index (χ3v) is 7.98. The average molecular weight is 532 g/mol. The molecule has 204 valence electrons. The van der Waals surface area contributed by atoms with E-state index in [-0.39, 0.29) is 0 Å². The van der Waals surface area contributed by atoms with E-state index >= 15 is 0 Å². The van der Waals surface area contributed by atoms with Gasteiger partial charge in [0.1, 0.15) is 19.0 Å². The van der Waals surface area contributed by atoms with Gasteiger partial charge in [-0.2, -0.15) is 0 Å². The predicted molar refractivity (Wildman–Crippen MR) is 162 cm³/mol. The molecule has 0 unspecified atom stereocenters. The summed E-state index contributed by atoms with van der Waals surface area (Å²) < 4.78 is 18.2. The van der Waals surface area contributed by atoms with Crippen molar-refractivity contribution in [3.8, 4) is 17.2 Å². The second kappa shape index (κ2) is 12.4. The minimum Gasteiger partial charge on any atom is -0.493 e. The van der Waals surface area contributed by atoms with Crippen LogP contribution in [0.2, 0.25) is 0 Å². The number of benzene rings is 4. The van der Waals surface area contributed by atoms with E-state index in [2.05, 4.69) is 83.8 Å². The first-order chi connectivity index (χ1) is 19.8. The highest BCUT2D eigenvalue weighted by Gasteiger charge is 2.24. The molecule has 40 heavy (non-hydrogen) atoms. The first-order valence-corrected chi connectivity index (χ1v) is 14.4. The quantitative estimate of drug-likeness (QED) is 0.210. The van der Waals surface area contributed by atoms with Gasteiger partial charge in [0, 0.05) is 6.54 Å². The van der Waals surface area contributed by atoms with Crippen LogP contribution in [0, 0.1) is 0 Å². The molecule has 6 rings (SSSR count). The van der Waals surface area contributed by atoms with Crippen molar-refractivity contribution in [2.24, 2.45) is 0 Å². The number of likely N-dealkylation sites (tertiary alicyclic amines) is 1. The van der Waals surface area contributed by atoms with Crippen LogP contribution in [0.3, 0.4) is 0 Å². The molecule has 0 saturated carbocycles. The molecular weight excluding hydrogens is 494 g/mol. The van der Waals surface area contributed by atoms with E-state index in [1.54, 1.807) is 7.11 Å². The van der Waals surface area contributed by atoms with Crippen LogP contribution in [-0.2, 0) is 13.0 Å². The maximum Gasteiger partial charge on any atom is 0.162 e. The second-order valence-electron chi connectivity index (χ2n) is 10.6. The van der Waals surface area contributed by atoms with Crippen LogP contribution in [0.15, 0.2) is 97.1 Å². The van der Waals surface area contributed by atoms with Crippen molar-refractivity contribution in [1.82, 2.24) is 4.90 Å². The van der Waals surface area contributed by atoms with Gasteiger partial charge in [-0.3, -0.25) is 4.90 Å². The Balaban J connectivity index is 1.33. The van der Waals surface area contributed by atoms with E-state index in [4.69, 9.17) is 14.2 Å². The van der Waals surface area contributed by atoms with Crippen molar-refractivity contribution in [3.05, 3.63) is 125 Å². The van der Waals surface area contributed by atoms with Crippen LogP contribution in [0.25, 0.3) is 11.1 Å². The molecule has 0 N–H and O–H groups in total. The van der Waals surface area contributed by atoms with E-state index in [1.807, 2.05) is 18.2 Å². The maximum atomic E-state index is 6.34. The summed E-state index contributed by atoms with van der Waals surface area (Å²) in [4.78, 5) is 2.48. The number of hydrogen-bond donors (Lipinski definition) is 0. The van der Waals surface area contributed by atoms with Crippen LogP contribution in [-0.4, -0.2) is 38.3 Å². The summed E-state index contributed by atoms with van der Waals surface area (Å²) in [6, 6.07) is 34.0. The van der Waals surface area contributed by atoms with Gasteiger partial charge in [0.25, 0.3) is 0 Å². The number of aryl methyl sites for hydroxylation is 1. The molecule has 2 aliphatic rings. The third kappa shape index (κ3) is 5.93. The van der Waals surface area contributed by atoms with Crippen molar-refractivity contribution in [2.45, 2.75) is 32.3 Å². The molecule has 4 nitrogen and oxygen atoms in total. The summed E-state index contributed by atoms with van der Waals surface area (Å²) in [5.74, 6) is 2.46. The van der Waals surface area contributed by atoms with Gasteiger partial charge in [0.2, 0.25) is 0 Å². The zero-order valence-electron chi connectivity index (χ0n) is 23.3. The number of nitrogens with zero attached hydrogens (tertiary/aromatic N) is 1. The lowest BCUT2D eigenvalue weighted by Gasteiger charge is -2.26. The van der Waals surface area contributed by atoms with Crippen molar-refractivity contribution in [3.63, 3.8) is 0 Å². The van der Waals surface area contributed by atoms with Crippen molar-refractivity contribution in [2.75, 3.05) is 33.4 Å². The third-order valence-electron chi connectivity index (χ3n) is 7.98. The predicted octanol–water partition coefficient (Wildman–Crippen LogP) is 7.65. The van der Waals surface area contributed by atoms with E-state index in [0.717, 1.165) is 48.8 Å². The summed E-state index contributed by atoms with van der Waals surface area (Å²) in [7, 11) is 1.72. The van der Waals surface area contributed by atoms with Crippen LogP contribution in [0.5, 0.6) is 17.2 Å². The normalized spacial score (nSPS) is 15.1. The molecule has 4 heteroatoms. The number of hydrogen-bond acceptors (Lipinski definition) is 4. The molecule has 0 bridgehead atoms. The van der Waals surface area contributed by atoms with E-state index in [1.165, 1.54) is 59.3 Å². The molecule has 1 heterocycles. The van der Waals surface area contributed by atoms with Crippen molar-refractivity contribution < 1.29 is 14.2 Å². The Kier molecular flexibility index (Phi) is 8.15. The number of methoxy groups -OCH3 is 1. The molecule has 0 atom stereocenters. The van der Waals surface area contributed by atoms with Crippen molar-refractivity contribution in [1.29, 1.82) is 0 Å². The molecule has 1 aliphatic heterocycles. The first kappa shape index (κ1) is 26.2. The Morgan fingerprint density at radius 3 is 2.15 bits per heavy atom. The van der Waals surface area contributed by atoms with Crippen LogP contribution in [0.1, 0.15) is 47.1 Å². The summed E-state index contributed by atoms with van der Waals surface area (Å²) in [6.45, 7) is 4.60. The van der Waals surface area contributed by atoms with Crippen LogP contribution in [0.4, 0.5) is 0 Å². The van der Waals surface area contributed by atoms with E-state index < -0.39 is 0 Å². The fourth-order valence-electron chi connectivity index (χ4n) is 5.87. The molecule has 4 aromatic carbocycles. The van der Waals surface area contributed by atoms with Crippen LogP contribution >= 0.6 is 0 Å². The smallest absolute Gasteiger partial charge is 0.162 e. The molecule has 1 aliphatic carbocycles. The summed E-state index contributed by atoms with van der Waals surface area (Å²) in [6.07, 6.45) is 4.53. The number of allylic oxidation sites excluding steroid dienone is 1. The Hall–Kier alpha value is -4.02. The topological polar surface area (TPSA) is 30.9 Å². The van der Waals surface area contributed by atoms with Crippen molar-refractivity contribution >= 4 is 11.1 Å². The lowest BCUT2D eigenvalue weighted by Crippen LogP contribution is -2.25. The number of ether oxygens (including phenoxy) is 3. The molecule has 0 radical (unpaired) electrons. The summed E-state index contributed by atoms with van der Waals surface area (Å²) in [5, 5.41) is 0. The molecule has 0 amide bonds.